The predicted octanol–water partition coefficient (Wildman–Crippen LogP) is 3.21. The Morgan fingerprint density at radius 1 is 1.21 bits per heavy atom. The highest BCUT2D eigenvalue weighted by Gasteiger charge is 2.28. The molecule has 1 aliphatic rings. The summed E-state index contributed by atoms with van der Waals surface area (Å²) in [6.45, 7) is 3.33. The minimum Gasteiger partial charge on any atom is -0.397 e. The monoisotopic (exact) mass is 410 g/mol. The number of benzene rings is 1. The lowest BCUT2D eigenvalue weighted by molar-refractivity contribution is 0.288. The molecule has 1 heterocycles. The van der Waals surface area contributed by atoms with Gasteiger partial charge in [0, 0.05) is 22.0 Å². The molecule has 0 atom stereocenters. The van der Waals surface area contributed by atoms with Crippen LogP contribution < -0.4 is 5.73 Å². The Labute approximate surface area is 130 Å². The van der Waals surface area contributed by atoms with Crippen molar-refractivity contribution in [2.45, 2.75) is 24.7 Å². The van der Waals surface area contributed by atoms with Crippen LogP contribution in [0, 0.1) is 5.92 Å². The molecule has 0 unspecified atom stereocenters. The van der Waals surface area contributed by atoms with Crippen molar-refractivity contribution in [3.05, 3.63) is 21.1 Å². The first kappa shape index (κ1) is 15.3. The Hall–Kier alpha value is -0.110. The first-order valence-corrected chi connectivity index (χ1v) is 9.09. The molecule has 2 N–H and O–H groups in total. The average molecular weight is 412 g/mol. The van der Waals surface area contributed by atoms with Gasteiger partial charge in [-0.25, -0.2) is 8.42 Å². The summed E-state index contributed by atoms with van der Waals surface area (Å²) >= 11 is 6.57. The Morgan fingerprint density at radius 3 is 2.16 bits per heavy atom. The van der Waals surface area contributed by atoms with Crippen LogP contribution in [0.1, 0.15) is 19.8 Å². The summed E-state index contributed by atoms with van der Waals surface area (Å²) in [4.78, 5) is 0.273. The average Bonchev–Trinajstić information content (AvgIpc) is 2.35. The third-order valence-electron chi connectivity index (χ3n) is 3.43. The van der Waals surface area contributed by atoms with Gasteiger partial charge in [-0.3, -0.25) is 0 Å². The lowest BCUT2D eigenvalue weighted by Gasteiger charge is -2.29. The van der Waals surface area contributed by atoms with Crippen molar-refractivity contribution in [3.63, 3.8) is 0 Å². The molecule has 1 aromatic rings. The van der Waals surface area contributed by atoms with Crippen molar-refractivity contribution < 1.29 is 8.42 Å². The van der Waals surface area contributed by atoms with Crippen LogP contribution in [0.2, 0.25) is 0 Å². The van der Waals surface area contributed by atoms with E-state index in [0.717, 1.165) is 12.8 Å². The Balaban J connectivity index is 2.35. The standard InChI is InChI=1S/C12H16Br2N2O2S/c1-8-2-4-16(5-3-8)19(17,18)9-6-10(13)12(15)11(14)7-9/h6-8H,2-5,15H2,1H3. The molecule has 2 rings (SSSR count). The number of hydrogen-bond acceptors (Lipinski definition) is 3. The summed E-state index contributed by atoms with van der Waals surface area (Å²) in [6, 6.07) is 3.13. The lowest BCUT2D eigenvalue weighted by Crippen LogP contribution is -2.37. The highest BCUT2D eigenvalue weighted by molar-refractivity contribution is 9.11. The summed E-state index contributed by atoms with van der Waals surface area (Å²) in [5.74, 6) is 0.594. The van der Waals surface area contributed by atoms with E-state index in [9.17, 15) is 8.42 Å². The van der Waals surface area contributed by atoms with Crippen LogP contribution >= 0.6 is 31.9 Å². The number of sulfonamides is 1. The molecule has 0 amide bonds. The first-order chi connectivity index (χ1) is 8.82. The zero-order valence-electron chi connectivity index (χ0n) is 10.6. The quantitative estimate of drug-likeness (QED) is 0.760. The molecule has 1 fully saturated rings. The largest absolute Gasteiger partial charge is 0.397 e. The van der Waals surface area contributed by atoms with Crippen molar-refractivity contribution in [2.24, 2.45) is 5.92 Å². The van der Waals surface area contributed by atoms with E-state index in [1.165, 1.54) is 0 Å². The second kappa shape index (κ2) is 5.71. The minimum atomic E-state index is -3.43. The summed E-state index contributed by atoms with van der Waals surface area (Å²) in [5.41, 5.74) is 6.29. The number of halogens is 2. The van der Waals surface area contributed by atoms with E-state index in [4.69, 9.17) is 5.73 Å². The molecule has 0 spiro atoms. The van der Waals surface area contributed by atoms with Gasteiger partial charge in [-0.05, 0) is 62.8 Å². The molecule has 4 nitrogen and oxygen atoms in total. The molecule has 0 aliphatic carbocycles. The molecule has 7 heteroatoms. The number of nitrogens with two attached hydrogens (primary N) is 1. The molecule has 0 bridgehead atoms. The van der Waals surface area contributed by atoms with Gasteiger partial charge in [-0.15, -0.1) is 0 Å². The molecule has 0 radical (unpaired) electrons. The van der Waals surface area contributed by atoms with E-state index in [2.05, 4.69) is 38.8 Å². The summed E-state index contributed by atoms with van der Waals surface area (Å²) in [5, 5.41) is 0. The maximum absolute atomic E-state index is 12.6. The molecule has 0 saturated carbocycles. The van der Waals surface area contributed by atoms with E-state index in [0.29, 0.717) is 33.6 Å². The SMILES string of the molecule is CC1CCN(S(=O)(=O)c2cc(Br)c(N)c(Br)c2)CC1. The van der Waals surface area contributed by atoms with Crippen molar-refractivity contribution in [1.82, 2.24) is 4.31 Å². The van der Waals surface area contributed by atoms with Gasteiger partial charge in [-0.2, -0.15) is 4.31 Å². The summed E-state index contributed by atoms with van der Waals surface area (Å²) < 4.78 is 27.8. The Bertz CT molecular complexity index is 558. The van der Waals surface area contributed by atoms with Gasteiger partial charge in [0.25, 0.3) is 0 Å². The number of anilines is 1. The third-order valence-corrected chi connectivity index (χ3v) is 6.62. The first-order valence-electron chi connectivity index (χ1n) is 6.07. The topological polar surface area (TPSA) is 63.4 Å². The van der Waals surface area contributed by atoms with Crippen molar-refractivity contribution in [2.75, 3.05) is 18.8 Å². The minimum absolute atomic E-state index is 0.273. The van der Waals surface area contributed by atoms with Gasteiger partial charge in [0.2, 0.25) is 10.0 Å². The second-order valence-electron chi connectivity index (χ2n) is 4.89. The third kappa shape index (κ3) is 3.15. The van der Waals surface area contributed by atoms with Crippen molar-refractivity contribution in [1.29, 1.82) is 0 Å². The van der Waals surface area contributed by atoms with E-state index in [1.807, 2.05) is 0 Å². The smallest absolute Gasteiger partial charge is 0.243 e. The fraction of sp³-hybridized carbons (Fsp3) is 0.500. The molecule has 1 saturated heterocycles. The van der Waals surface area contributed by atoms with Gasteiger partial charge in [-0.1, -0.05) is 6.92 Å². The molecule has 0 aromatic heterocycles. The number of nitrogens with zero attached hydrogens (tertiary/aromatic N) is 1. The highest BCUT2D eigenvalue weighted by Crippen LogP contribution is 2.33. The van der Waals surface area contributed by atoms with Crippen molar-refractivity contribution in [3.8, 4) is 0 Å². The number of piperidine rings is 1. The van der Waals surface area contributed by atoms with E-state index < -0.39 is 10.0 Å². The van der Waals surface area contributed by atoms with Crippen LogP contribution in [0.15, 0.2) is 26.0 Å². The van der Waals surface area contributed by atoms with Crippen LogP contribution in [0.5, 0.6) is 0 Å². The van der Waals surface area contributed by atoms with Crippen LogP contribution in [-0.2, 0) is 10.0 Å². The normalized spacial score (nSPS) is 18.7. The second-order valence-corrected chi connectivity index (χ2v) is 8.53. The summed E-state index contributed by atoms with van der Waals surface area (Å²) in [7, 11) is -3.43. The van der Waals surface area contributed by atoms with Gasteiger partial charge >= 0.3 is 0 Å². The van der Waals surface area contributed by atoms with Gasteiger partial charge in [0.1, 0.15) is 0 Å². The molecular weight excluding hydrogens is 396 g/mol. The molecular formula is C12H16Br2N2O2S. The maximum atomic E-state index is 12.6. The highest BCUT2D eigenvalue weighted by atomic mass is 79.9. The van der Waals surface area contributed by atoms with Crippen LogP contribution in [0.4, 0.5) is 5.69 Å². The molecule has 1 aliphatic heterocycles. The number of nitrogen functional groups attached to an aromatic ring is 1. The van der Waals surface area contributed by atoms with E-state index in [1.54, 1.807) is 16.4 Å². The van der Waals surface area contributed by atoms with Crippen LogP contribution in [0.3, 0.4) is 0 Å². The fourth-order valence-corrected chi connectivity index (χ4v) is 5.10. The molecule has 1 aromatic carbocycles. The number of rotatable bonds is 2. The summed E-state index contributed by atoms with van der Waals surface area (Å²) in [6.07, 6.45) is 1.83. The lowest BCUT2D eigenvalue weighted by atomic mass is 10.0. The van der Waals surface area contributed by atoms with E-state index in [-0.39, 0.29) is 4.90 Å². The van der Waals surface area contributed by atoms with Gasteiger partial charge in [0.15, 0.2) is 0 Å². The van der Waals surface area contributed by atoms with Crippen LogP contribution in [0.25, 0.3) is 0 Å². The predicted molar refractivity (Wildman–Crippen MR) is 83.4 cm³/mol. The zero-order chi connectivity index (χ0) is 14.2. The maximum Gasteiger partial charge on any atom is 0.243 e. The fourth-order valence-electron chi connectivity index (χ4n) is 2.08. The van der Waals surface area contributed by atoms with Crippen LogP contribution in [-0.4, -0.2) is 25.8 Å². The van der Waals surface area contributed by atoms with Crippen molar-refractivity contribution >= 4 is 47.6 Å². The zero-order valence-corrected chi connectivity index (χ0v) is 14.6. The van der Waals surface area contributed by atoms with Gasteiger partial charge < -0.3 is 5.73 Å². The van der Waals surface area contributed by atoms with E-state index >= 15 is 0 Å². The molecule has 19 heavy (non-hydrogen) atoms. The Morgan fingerprint density at radius 2 is 1.68 bits per heavy atom. The molecule has 106 valence electrons. The van der Waals surface area contributed by atoms with Gasteiger partial charge in [0.05, 0.1) is 10.6 Å². The number of hydrogen-bond donors (Lipinski definition) is 1. The Kier molecular flexibility index (Phi) is 4.59.